The first-order valence-corrected chi connectivity index (χ1v) is 24.5. The second kappa shape index (κ2) is 14.4. The summed E-state index contributed by atoms with van der Waals surface area (Å²) in [5.74, 6) is 1.66. The Balaban J connectivity index is 0.970. The topological polar surface area (TPSA) is 12.5 Å². The highest BCUT2D eigenvalue weighted by molar-refractivity contribution is 6.02. The van der Waals surface area contributed by atoms with Gasteiger partial charge in [-0.3, -0.25) is 0 Å². The molecular formula is C68H45NO. The van der Waals surface area contributed by atoms with Crippen molar-refractivity contribution >= 4 is 27.8 Å². The van der Waals surface area contributed by atoms with E-state index >= 15 is 0 Å². The minimum atomic E-state index is -0.478. The van der Waals surface area contributed by atoms with Crippen LogP contribution < -0.4 is 9.64 Å². The zero-order valence-corrected chi connectivity index (χ0v) is 38.9. The minimum absolute atomic E-state index is 0.180. The highest BCUT2D eigenvalue weighted by Gasteiger charge is 2.51. The molecule has 70 heavy (non-hydrogen) atoms. The first kappa shape index (κ1) is 39.3. The van der Waals surface area contributed by atoms with Crippen LogP contribution in [0.5, 0.6) is 11.5 Å². The third kappa shape index (κ3) is 5.33. The lowest BCUT2D eigenvalue weighted by Crippen LogP contribution is -2.26. The second-order valence-electron chi connectivity index (χ2n) is 20.0. The van der Waals surface area contributed by atoms with E-state index in [2.05, 4.69) is 255 Å². The van der Waals surface area contributed by atoms with Gasteiger partial charge in [0.05, 0.1) is 5.41 Å². The van der Waals surface area contributed by atoms with Crippen LogP contribution >= 0.6 is 0 Å². The van der Waals surface area contributed by atoms with Crippen molar-refractivity contribution in [3.63, 3.8) is 0 Å². The molecule has 0 saturated heterocycles. The zero-order chi connectivity index (χ0) is 46.3. The quantitative estimate of drug-likeness (QED) is 0.175. The van der Waals surface area contributed by atoms with Gasteiger partial charge in [0.15, 0.2) is 0 Å². The zero-order valence-electron chi connectivity index (χ0n) is 38.9. The van der Waals surface area contributed by atoms with E-state index in [4.69, 9.17) is 4.74 Å². The number of ether oxygens (including phenoxy) is 1. The summed E-state index contributed by atoms with van der Waals surface area (Å²) in [4.78, 5) is 2.47. The van der Waals surface area contributed by atoms with Gasteiger partial charge in [-0.15, -0.1) is 0 Å². The Morgan fingerprint density at radius 3 is 1.36 bits per heavy atom. The standard InChI is InChI=1S/C68H45NO/c1-67(2)59-24-12-8-20-49(59)53-32-29-46(39-63(53)67)69(47-30-33-54-52-23-11-15-27-62(52)68(64(54)40-47)60-25-13-9-21-50(60)51-22-10-14-26-61(51)68)48-31-34-55-56-36-43-18-6-7-19-44(43)37-57(56)58-38-45(42-16-4-3-5-17-42)28-35-65(58)70-66(55)41-48/h3-41H,1-2H3. The number of benzene rings is 11. The molecule has 2 heteroatoms. The lowest BCUT2D eigenvalue weighted by atomic mass is 9.70. The van der Waals surface area contributed by atoms with Gasteiger partial charge in [-0.2, -0.15) is 0 Å². The molecule has 3 aliphatic carbocycles. The fraction of sp³-hybridized carbons (Fsp3) is 0.0588. The molecule has 4 aliphatic rings. The molecule has 0 aromatic heterocycles. The molecule has 1 heterocycles. The maximum Gasteiger partial charge on any atom is 0.137 e. The predicted octanol–water partition coefficient (Wildman–Crippen LogP) is 18.1. The van der Waals surface area contributed by atoms with Crippen molar-refractivity contribution in [3.8, 4) is 78.3 Å². The molecule has 0 amide bonds. The van der Waals surface area contributed by atoms with E-state index in [9.17, 15) is 0 Å². The van der Waals surface area contributed by atoms with Crippen molar-refractivity contribution in [1.29, 1.82) is 0 Å². The van der Waals surface area contributed by atoms with Crippen LogP contribution in [0.25, 0.3) is 77.5 Å². The lowest BCUT2D eigenvalue weighted by molar-refractivity contribution is 0.488. The summed E-state index contributed by atoms with van der Waals surface area (Å²) in [6, 6.07) is 88.0. The van der Waals surface area contributed by atoms with Gasteiger partial charge in [0.1, 0.15) is 11.5 Å². The van der Waals surface area contributed by atoms with Gasteiger partial charge in [-0.25, -0.2) is 0 Å². The van der Waals surface area contributed by atoms with Gasteiger partial charge in [-0.05, 0) is 160 Å². The molecule has 0 saturated carbocycles. The summed E-state index contributed by atoms with van der Waals surface area (Å²) in [7, 11) is 0. The minimum Gasteiger partial charge on any atom is -0.456 e. The molecule has 11 aromatic carbocycles. The van der Waals surface area contributed by atoms with Crippen molar-refractivity contribution in [2.75, 3.05) is 4.90 Å². The van der Waals surface area contributed by atoms with Crippen LogP contribution in [-0.2, 0) is 10.8 Å². The number of hydrogen-bond acceptors (Lipinski definition) is 2. The maximum absolute atomic E-state index is 7.26. The van der Waals surface area contributed by atoms with Gasteiger partial charge in [0, 0.05) is 39.7 Å². The van der Waals surface area contributed by atoms with Crippen LogP contribution in [0.1, 0.15) is 47.2 Å². The smallest absolute Gasteiger partial charge is 0.137 e. The van der Waals surface area contributed by atoms with Gasteiger partial charge < -0.3 is 9.64 Å². The third-order valence-corrected chi connectivity index (χ3v) is 16.1. The van der Waals surface area contributed by atoms with E-state index < -0.39 is 5.41 Å². The molecule has 328 valence electrons. The molecule has 2 nitrogen and oxygen atoms in total. The summed E-state index contributed by atoms with van der Waals surface area (Å²) in [6.07, 6.45) is 0. The number of nitrogens with zero attached hydrogens (tertiary/aromatic N) is 1. The van der Waals surface area contributed by atoms with E-state index in [0.29, 0.717) is 0 Å². The van der Waals surface area contributed by atoms with Gasteiger partial charge in [0.2, 0.25) is 0 Å². The summed E-state index contributed by atoms with van der Waals surface area (Å²) < 4.78 is 7.26. The summed E-state index contributed by atoms with van der Waals surface area (Å²) >= 11 is 0. The Bertz CT molecular complexity index is 3960. The molecule has 1 aliphatic heterocycles. The van der Waals surface area contributed by atoms with Gasteiger partial charge >= 0.3 is 0 Å². The Hall–Kier alpha value is -8.72. The van der Waals surface area contributed by atoms with E-state index in [1.165, 1.54) is 83.1 Å². The summed E-state index contributed by atoms with van der Waals surface area (Å²) in [5, 5.41) is 2.40. The van der Waals surface area contributed by atoms with Crippen molar-refractivity contribution in [2.24, 2.45) is 0 Å². The highest BCUT2D eigenvalue weighted by Crippen LogP contribution is 2.64. The van der Waals surface area contributed by atoms with Crippen LogP contribution in [0.2, 0.25) is 0 Å². The van der Waals surface area contributed by atoms with Crippen LogP contribution in [0.15, 0.2) is 237 Å². The molecule has 0 unspecified atom stereocenters. The van der Waals surface area contributed by atoms with E-state index in [-0.39, 0.29) is 5.41 Å². The number of rotatable bonds is 4. The average Bonchev–Trinajstić information content (AvgIpc) is 3.93. The molecule has 0 atom stereocenters. The monoisotopic (exact) mass is 891 g/mol. The Kier molecular flexibility index (Phi) is 8.08. The Morgan fingerprint density at radius 1 is 0.286 bits per heavy atom. The number of hydrogen-bond donors (Lipinski definition) is 0. The second-order valence-corrected chi connectivity index (χ2v) is 20.0. The van der Waals surface area contributed by atoms with Crippen molar-refractivity contribution in [3.05, 3.63) is 270 Å². The normalized spacial score (nSPS) is 14.2. The van der Waals surface area contributed by atoms with Crippen LogP contribution in [0, 0.1) is 0 Å². The SMILES string of the molecule is CC1(C)c2ccccc2-c2ccc(N(c3ccc4c(c3)Oc3ccc(-c5ccccc5)cc3-c3cc5ccccc5cc3-4)c3ccc4c(c3)C3(c5ccccc5-c5ccccc53)c3ccccc3-4)cc21. The van der Waals surface area contributed by atoms with Crippen molar-refractivity contribution in [2.45, 2.75) is 24.7 Å². The fourth-order valence-electron chi connectivity index (χ4n) is 12.9. The molecule has 1 spiro atoms. The number of fused-ring (bicyclic) bond motifs is 19. The summed E-state index contributed by atoms with van der Waals surface area (Å²) in [6.45, 7) is 4.74. The first-order valence-electron chi connectivity index (χ1n) is 24.5. The van der Waals surface area contributed by atoms with Gasteiger partial charge in [0.25, 0.3) is 0 Å². The Labute approximate surface area is 408 Å². The molecule has 15 rings (SSSR count). The number of anilines is 3. The van der Waals surface area contributed by atoms with Crippen molar-refractivity contribution in [1.82, 2.24) is 0 Å². The lowest BCUT2D eigenvalue weighted by Gasteiger charge is -2.32. The predicted molar refractivity (Wildman–Crippen MR) is 289 cm³/mol. The Morgan fingerprint density at radius 2 is 0.743 bits per heavy atom. The first-order chi connectivity index (χ1) is 34.4. The molecule has 0 radical (unpaired) electrons. The maximum atomic E-state index is 7.26. The third-order valence-electron chi connectivity index (χ3n) is 16.1. The molecule has 0 N–H and O–H groups in total. The largest absolute Gasteiger partial charge is 0.456 e. The van der Waals surface area contributed by atoms with Crippen LogP contribution in [0.4, 0.5) is 17.1 Å². The highest BCUT2D eigenvalue weighted by atomic mass is 16.5. The molecule has 0 bridgehead atoms. The van der Waals surface area contributed by atoms with E-state index in [1.54, 1.807) is 0 Å². The molecular weight excluding hydrogens is 847 g/mol. The van der Waals surface area contributed by atoms with Crippen molar-refractivity contribution < 1.29 is 4.74 Å². The molecule has 11 aromatic rings. The van der Waals surface area contributed by atoms with Gasteiger partial charge in [-0.1, -0.05) is 184 Å². The van der Waals surface area contributed by atoms with Crippen LogP contribution in [0.3, 0.4) is 0 Å². The summed E-state index contributed by atoms with van der Waals surface area (Å²) in [5.41, 5.74) is 25.1. The molecule has 0 fully saturated rings. The van der Waals surface area contributed by atoms with E-state index in [0.717, 1.165) is 56.4 Å². The van der Waals surface area contributed by atoms with Crippen LogP contribution in [-0.4, -0.2) is 0 Å². The average molecular weight is 892 g/mol. The fourth-order valence-corrected chi connectivity index (χ4v) is 12.9. The van der Waals surface area contributed by atoms with E-state index in [1.807, 2.05) is 0 Å².